The molecule has 5 nitrogen and oxygen atoms in total. The van der Waals surface area contributed by atoms with E-state index >= 15 is 0 Å². The summed E-state index contributed by atoms with van der Waals surface area (Å²) >= 11 is 0. The van der Waals surface area contributed by atoms with Crippen LogP contribution in [0.25, 0.3) is 10.8 Å². The summed E-state index contributed by atoms with van der Waals surface area (Å²) in [5.74, 6) is -0.242. The number of hydrogen-bond donors (Lipinski definition) is 1. The highest BCUT2D eigenvalue weighted by Gasteiger charge is 2.42. The molecule has 1 unspecified atom stereocenters. The topological polar surface area (TPSA) is 68.1 Å². The van der Waals surface area contributed by atoms with Crippen LogP contribution in [0.4, 0.5) is 0 Å². The second-order valence-corrected chi connectivity index (χ2v) is 5.20. The lowest BCUT2D eigenvalue weighted by Crippen LogP contribution is -2.35. The molecule has 0 amide bonds. The summed E-state index contributed by atoms with van der Waals surface area (Å²) in [6.07, 6.45) is 0.235. The summed E-state index contributed by atoms with van der Waals surface area (Å²) in [4.78, 5) is 16.4. The number of methoxy groups -OCH3 is 1. The van der Waals surface area contributed by atoms with E-state index in [0.717, 1.165) is 22.1 Å². The number of benzene rings is 2. The van der Waals surface area contributed by atoms with Gasteiger partial charge in [0.25, 0.3) is 0 Å². The summed E-state index contributed by atoms with van der Waals surface area (Å²) < 4.78 is 5.36. The number of carboxylic acids is 1. The Bertz CT molecular complexity index is 753. The molecule has 0 saturated carbocycles. The molecule has 0 aliphatic carbocycles. The maximum absolute atomic E-state index is 11.2. The van der Waals surface area contributed by atoms with Gasteiger partial charge in [-0.05, 0) is 24.4 Å². The Hall–Kier alpha value is -2.56. The van der Waals surface area contributed by atoms with Crippen molar-refractivity contribution in [2.24, 2.45) is 5.16 Å². The first kappa shape index (κ1) is 13.4. The van der Waals surface area contributed by atoms with Gasteiger partial charge in [0, 0.05) is 17.4 Å². The molecule has 0 spiro atoms. The average molecular weight is 285 g/mol. The van der Waals surface area contributed by atoms with E-state index in [1.54, 1.807) is 7.11 Å². The number of oxime groups is 1. The van der Waals surface area contributed by atoms with E-state index in [1.165, 1.54) is 6.92 Å². The molecule has 2 aromatic rings. The molecule has 1 heterocycles. The van der Waals surface area contributed by atoms with Crippen molar-refractivity contribution >= 4 is 22.5 Å². The third-order valence-corrected chi connectivity index (χ3v) is 3.73. The van der Waals surface area contributed by atoms with E-state index in [4.69, 9.17) is 9.57 Å². The SMILES string of the molecule is COc1ccc(C2=NOC(C)(C(=O)O)C2)c2ccccc12. The molecular formula is C16H15NO4. The molecule has 1 aliphatic rings. The van der Waals surface area contributed by atoms with Gasteiger partial charge in [0.15, 0.2) is 0 Å². The van der Waals surface area contributed by atoms with Crippen LogP contribution in [0.2, 0.25) is 0 Å². The molecule has 0 aromatic heterocycles. The lowest BCUT2D eigenvalue weighted by molar-refractivity contribution is -0.160. The van der Waals surface area contributed by atoms with Gasteiger partial charge in [-0.2, -0.15) is 0 Å². The highest BCUT2D eigenvalue weighted by atomic mass is 16.7. The number of aliphatic carboxylic acids is 1. The van der Waals surface area contributed by atoms with Crippen molar-refractivity contribution in [1.82, 2.24) is 0 Å². The normalized spacial score (nSPS) is 21.0. The second-order valence-electron chi connectivity index (χ2n) is 5.20. The highest BCUT2D eigenvalue weighted by molar-refractivity contribution is 6.13. The molecule has 108 valence electrons. The van der Waals surface area contributed by atoms with Crippen LogP contribution >= 0.6 is 0 Å². The Kier molecular flexibility index (Phi) is 3.05. The molecule has 0 fully saturated rings. The van der Waals surface area contributed by atoms with Crippen molar-refractivity contribution in [3.05, 3.63) is 42.0 Å². The molecule has 0 saturated heterocycles. The van der Waals surface area contributed by atoms with Gasteiger partial charge in [-0.1, -0.05) is 29.4 Å². The van der Waals surface area contributed by atoms with Crippen molar-refractivity contribution in [2.75, 3.05) is 7.11 Å². The van der Waals surface area contributed by atoms with Crippen molar-refractivity contribution in [3.63, 3.8) is 0 Å². The lowest BCUT2D eigenvalue weighted by Gasteiger charge is -2.15. The minimum absolute atomic E-state index is 0.235. The van der Waals surface area contributed by atoms with Crippen molar-refractivity contribution in [2.45, 2.75) is 18.9 Å². The van der Waals surface area contributed by atoms with Crippen LogP contribution in [0.5, 0.6) is 5.75 Å². The molecule has 0 radical (unpaired) electrons. The zero-order chi connectivity index (χ0) is 15.0. The predicted octanol–water partition coefficient (Wildman–Crippen LogP) is 2.82. The average Bonchev–Trinajstić information content (AvgIpc) is 2.90. The summed E-state index contributed by atoms with van der Waals surface area (Å²) in [5.41, 5.74) is 0.214. The number of fused-ring (bicyclic) bond motifs is 1. The van der Waals surface area contributed by atoms with Crippen LogP contribution in [0.15, 0.2) is 41.6 Å². The van der Waals surface area contributed by atoms with Crippen LogP contribution in [-0.2, 0) is 9.63 Å². The van der Waals surface area contributed by atoms with Gasteiger partial charge in [-0.15, -0.1) is 0 Å². The van der Waals surface area contributed by atoms with Gasteiger partial charge in [-0.25, -0.2) is 4.79 Å². The molecule has 0 bridgehead atoms. The first-order valence-corrected chi connectivity index (χ1v) is 6.60. The van der Waals surface area contributed by atoms with Crippen molar-refractivity contribution < 1.29 is 19.5 Å². The fourth-order valence-corrected chi connectivity index (χ4v) is 2.50. The molecular weight excluding hydrogens is 270 g/mol. The van der Waals surface area contributed by atoms with Crippen molar-refractivity contribution in [1.29, 1.82) is 0 Å². The fourth-order valence-electron chi connectivity index (χ4n) is 2.50. The molecule has 21 heavy (non-hydrogen) atoms. The Morgan fingerprint density at radius 2 is 2.00 bits per heavy atom. The third-order valence-electron chi connectivity index (χ3n) is 3.73. The smallest absolute Gasteiger partial charge is 0.351 e. The first-order valence-electron chi connectivity index (χ1n) is 6.60. The third kappa shape index (κ3) is 2.11. The van der Waals surface area contributed by atoms with Crippen LogP contribution in [0, 0.1) is 0 Å². The maximum atomic E-state index is 11.2. The molecule has 2 aromatic carbocycles. The molecule has 1 N–H and O–H groups in total. The number of nitrogens with zero attached hydrogens (tertiary/aromatic N) is 1. The van der Waals surface area contributed by atoms with E-state index in [-0.39, 0.29) is 6.42 Å². The van der Waals surface area contributed by atoms with E-state index in [1.807, 2.05) is 36.4 Å². The summed E-state index contributed by atoms with van der Waals surface area (Å²) in [7, 11) is 1.62. The Morgan fingerprint density at radius 1 is 1.29 bits per heavy atom. The maximum Gasteiger partial charge on any atom is 0.351 e. The quantitative estimate of drug-likeness (QED) is 0.941. The number of carbonyl (C=O) groups is 1. The lowest BCUT2D eigenvalue weighted by atomic mass is 9.93. The minimum atomic E-state index is -1.30. The number of carboxylic acid groups (broad SMARTS) is 1. The van der Waals surface area contributed by atoms with Gasteiger partial charge < -0.3 is 14.7 Å². The number of hydrogen-bond acceptors (Lipinski definition) is 4. The van der Waals surface area contributed by atoms with E-state index in [2.05, 4.69) is 5.16 Å². The molecule has 1 aliphatic heterocycles. The largest absolute Gasteiger partial charge is 0.496 e. The summed E-state index contributed by atoms with van der Waals surface area (Å²) in [6.45, 7) is 1.53. The zero-order valence-electron chi connectivity index (χ0n) is 11.8. The van der Waals surface area contributed by atoms with Gasteiger partial charge in [-0.3, -0.25) is 0 Å². The fraction of sp³-hybridized carbons (Fsp3) is 0.250. The summed E-state index contributed by atoms with van der Waals surface area (Å²) in [5, 5.41) is 15.1. The van der Waals surface area contributed by atoms with Crippen LogP contribution in [-0.4, -0.2) is 29.5 Å². The summed E-state index contributed by atoms with van der Waals surface area (Å²) in [6, 6.07) is 11.5. The highest BCUT2D eigenvalue weighted by Crippen LogP contribution is 2.33. The molecule has 1 atom stereocenters. The molecule has 3 rings (SSSR count). The number of rotatable bonds is 3. The second kappa shape index (κ2) is 4.77. The monoisotopic (exact) mass is 285 g/mol. The Morgan fingerprint density at radius 3 is 2.62 bits per heavy atom. The Labute approximate surface area is 121 Å². The van der Waals surface area contributed by atoms with E-state index < -0.39 is 11.6 Å². The predicted molar refractivity (Wildman–Crippen MR) is 78.8 cm³/mol. The van der Waals surface area contributed by atoms with Crippen LogP contribution in [0.1, 0.15) is 18.9 Å². The standard InChI is InChI=1S/C16H15NO4/c1-16(15(18)19)9-13(17-21-16)11-7-8-14(20-2)12-6-4-3-5-10(11)12/h3-8H,9H2,1-2H3,(H,18,19). The zero-order valence-corrected chi connectivity index (χ0v) is 11.8. The minimum Gasteiger partial charge on any atom is -0.496 e. The first-order chi connectivity index (χ1) is 10.0. The molecule has 5 heteroatoms. The number of ether oxygens (including phenoxy) is 1. The van der Waals surface area contributed by atoms with Crippen LogP contribution < -0.4 is 4.74 Å². The van der Waals surface area contributed by atoms with Gasteiger partial charge in [0.05, 0.1) is 12.8 Å². The van der Waals surface area contributed by atoms with Gasteiger partial charge in [0.2, 0.25) is 5.60 Å². The van der Waals surface area contributed by atoms with E-state index in [0.29, 0.717) is 5.71 Å². The van der Waals surface area contributed by atoms with Crippen molar-refractivity contribution in [3.8, 4) is 5.75 Å². The Balaban J connectivity index is 2.09. The van der Waals surface area contributed by atoms with Gasteiger partial charge >= 0.3 is 5.97 Å². The van der Waals surface area contributed by atoms with Gasteiger partial charge in [0.1, 0.15) is 5.75 Å². The van der Waals surface area contributed by atoms with E-state index in [9.17, 15) is 9.90 Å². The van der Waals surface area contributed by atoms with Crippen LogP contribution in [0.3, 0.4) is 0 Å².